The lowest BCUT2D eigenvalue weighted by Gasteiger charge is -2.10. The van der Waals surface area contributed by atoms with Crippen LogP contribution < -0.4 is 9.47 Å². The zero-order valence-corrected chi connectivity index (χ0v) is 13.1. The number of ketones is 1. The van der Waals surface area contributed by atoms with E-state index in [-0.39, 0.29) is 12.4 Å². The van der Waals surface area contributed by atoms with Gasteiger partial charge in [0.05, 0.1) is 19.3 Å². The molecule has 0 bridgehead atoms. The third kappa shape index (κ3) is 4.32. The molecule has 0 unspecified atom stereocenters. The molecule has 120 valence electrons. The third-order valence-electron chi connectivity index (χ3n) is 3.13. The van der Waals surface area contributed by atoms with E-state index in [0.29, 0.717) is 29.2 Å². The van der Waals surface area contributed by atoms with Gasteiger partial charge in [-0.15, -0.1) is 0 Å². The van der Waals surface area contributed by atoms with Gasteiger partial charge in [-0.2, -0.15) is 0 Å². The summed E-state index contributed by atoms with van der Waals surface area (Å²) in [6.07, 6.45) is 0. The third-order valence-corrected chi connectivity index (χ3v) is 3.13. The molecule has 0 aliphatic rings. The van der Waals surface area contributed by atoms with Crippen molar-refractivity contribution in [3.8, 4) is 11.5 Å². The SMILES string of the molecule is CCOc1ccc(C(=O)OCC(=O)c2ccccc2)cc1OC. The molecule has 0 fully saturated rings. The van der Waals surface area contributed by atoms with E-state index < -0.39 is 5.97 Å². The molecule has 0 N–H and O–H groups in total. The van der Waals surface area contributed by atoms with Gasteiger partial charge in [-0.05, 0) is 25.1 Å². The van der Waals surface area contributed by atoms with Gasteiger partial charge < -0.3 is 14.2 Å². The second-order valence-corrected chi connectivity index (χ2v) is 4.66. The van der Waals surface area contributed by atoms with Crippen LogP contribution in [0.15, 0.2) is 48.5 Å². The van der Waals surface area contributed by atoms with E-state index in [9.17, 15) is 9.59 Å². The first-order chi connectivity index (χ1) is 11.2. The number of Topliss-reactive ketones (excluding diaryl/α,β-unsaturated/α-hetero) is 1. The van der Waals surface area contributed by atoms with Crippen LogP contribution in [0.1, 0.15) is 27.6 Å². The monoisotopic (exact) mass is 314 g/mol. The Kier molecular flexibility index (Phi) is 5.74. The van der Waals surface area contributed by atoms with E-state index >= 15 is 0 Å². The minimum atomic E-state index is -0.587. The van der Waals surface area contributed by atoms with Crippen LogP contribution in [-0.2, 0) is 4.74 Å². The average molecular weight is 314 g/mol. The number of esters is 1. The van der Waals surface area contributed by atoms with Crippen LogP contribution in [0.25, 0.3) is 0 Å². The minimum Gasteiger partial charge on any atom is -0.493 e. The number of hydrogen-bond acceptors (Lipinski definition) is 5. The van der Waals surface area contributed by atoms with Crippen molar-refractivity contribution in [1.29, 1.82) is 0 Å². The average Bonchev–Trinajstić information content (AvgIpc) is 2.60. The van der Waals surface area contributed by atoms with Gasteiger partial charge in [0.15, 0.2) is 23.9 Å². The molecular weight excluding hydrogens is 296 g/mol. The van der Waals surface area contributed by atoms with Crippen molar-refractivity contribution < 1.29 is 23.8 Å². The number of benzene rings is 2. The number of hydrogen-bond donors (Lipinski definition) is 0. The number of carbonyl (C=O) groups is 2. The Morgan fingerprint density at radius 2 is 1.70 bits per heavy atom. The van der Waals surface area contributed by atoms with Crippen molar-refractivity contribution >= 4 is 11.8 Å². The molecule has 2 rings (SSSR count). The van der Waals surface area contributed by atoms with Gasteiger partial charge in [0.2, 0.25) is 0 Å². The summed E-state index contributed by atoms with van der Waals surface area (Å²) in [6.45, 7) is 2.04. The highest BCUT2D eigenvalue weighted by atomic mass is 16.5. The van der Waals surface area contributed by atoms with Crippen LogP contribution in [0.4, 0.5) is 0 Å². The lowest BCUT2D eigenvalue weighted by atomic mass is 10.1. The minimum absolute atomic E-state index is 0.253. The van der Waals surface area contributed by atoms with Crippen LogP contribution in [0.2, 0.25) is 0 Å². The zero-order chi connectivity index (χ0) is 16.7. The predicted molar refractivity (Wildman–Crippen MR) is 85.2 cm³/mol. The molecule has 5 nitrogen and oxygen atoms in total. The second kappa shape index (κ2) is 7.98. The van der Waals surface area contributed by atoms with Gasteiger partial charge in [0, 0.05) is 5.56 Å². The zero-order valence-electron chi connectivity index (χ0n) is 13.1. The van der Waals surface area contributed by atoms with Crippen molar-refractivity contribution in [3.63, 3.8) is 0 Å². The molecule has 5 heteroatoms. The van der Waals surface area contributed by atoms with Crippen molar-refractivity contribution in [3.05, 3.63) is 59.7 Å². The smallest absolute Gasteiger partial charge is 0.338 e. The Bertz CT molecular complexity index is 679. The Labute approximate surface area is 134 Å². The molecule has 0 spiro atoms. The van der Waals surface area contributed by atoms with Gasteiger partial charge in [-0.3, -0.25) is 4.79 Å². The highest BCUT2D eigenvalue weighted by Crippen LogP contribution is 2.28. The molecule has 0 aromatic heterocycles. The van der Waals surface area contributed by atoms with Crippen molar-refractivity contribution in [1.82, 2.24) is 0 Å². The normalized spacial score (nSPS) is 10.0. The Morgan fingerprint density at radius 3 is 2.35 bits per heavy atom. The Morgan fingerprint density at radius 1 is 0.957 bits per heavy atom. The van der Waals surface area contributed by atoms with Gasteiger partial charge in [0.1, 0.15) is 0 Å². The molecule has 0 saturated heterocycles. The van der Waals surface area contributed by atoms with Gasteiger partial charge >= 0.3 is 5.97 Å². The topological polar surface area (TPSA) is 61.8 Å². The first kappa shape index (κ1) is 16.5. The summed E-state index contributed by atoms with van der Waals surface area (Å²) in [4.78, 5) is 24.0. The first-order valence-electron chi connectivity index (χ1n) is 7.22. The van der Waals surface area contributed by atoms with Gasteiger partial charge in [0.25, 0.3) is 0 Å². The van der Waals surface area contributed by atoms with E-state index in [1.165, 1.54) is 13.2 Å². The quantitative estimate of drug-likeness (QED) is 0.580. The Balaban J connectivity index is 2.02. The molecule has 23 heavy (non-hydrogen) atoms. The van der Waals surface area contributed by atoms with Crippen LogP contribution in [0, 0.1) is 0 Å². The van der Waals surface area contributed by atoms with Crippen LogP contribution in [0.5, 0.6) is 11.5 Å². The number of rotatable bonds is 7. The molecule has 0 aliphatic heterocycles. The molecule has 0 aliphatic carbocycles. The molecule has 2 aromatic rings. The number of ether oxygens (including phenoxy) is 3. The molecule has 0 amide bonds. The first-order valence-corrected chi connectivity index (χ1v) is 7.22. The van der Waals surface area contributed by atoms with Gasteiger partial charge in [-0.1, -0.05) is 30.3 Å². The molecule has 0 heterocycles. The Hall–Kier alpha value is -2.82. The van der Waals surface area contributed by atoms with E-state index in [4.69, 9.17) is 14.2 Å². The van der Waals surface area contributed by atoms with E-state index in [2.05, 4.69) is 0 Å². The summed E-state index contributed by atoms with van der Waals surface area (Å²) < 4.78 is 15.6. The lowest BCUT2D eigenvalue weighted by Crippen LogP contribution is -2.14. The highest BCUT2D eigenvalue weighted by Gasteiger charge is 2.14. The number of carbonyl (C=O) groups excluding carboxylic acids is 2. The summed E-state index contributed by atoms with van der Waals surface area (Å²) in [5.41, 5.74) is 0.802. The van der Waals surface area contributed by atoms with E-state index in [1.54, 1.807) is 36.4 Å². The van der Waals surface area contributed by atoms with E-state index in [0.717, 1.165) is 0 Å². The molecule has 0 saturated carbocycles. The second-order valence-electron chi connectivity index (χ2n) is 4.66. The summed E-state index contributed by atoms with van der Waals surface area (Å²) >= 11 is 0. The summed E-state index contributed by atoms with van der Waals surface area (Å²) in [5.74, 6) is 0.148. The van der Waals surface area contributed by atoms with Crippen molar-refractivity contribution in [2.24, 2.45) is 0 Å². The van der Waals surface area contributed by atoms with Crippen LogP contribution in [-0.4, -0.2) is 32.1 Å². The largest absolute Gasteiger partial charge is 0.493 e. The maximum atomic E-state index is 12.0. The summed E-state index contributed by atoms with van der Waals surface area (Å²) in [6, 6.07) is 13.4. The maximum absolute atomic E-state index is 12.0. The van der Waals surface area contributed by atoms with Crippen LogP contribution >= 0.6 is 0 Å². The van der Waals surface area contributed by atoms with Crippen LogP contribution in [0.3, 0.4) is 0 Å². The molecular formula is C18H18O5. The van der Waals surface area contributed by atoms with Gasteiger partial charge in [-0.25, -0.2) is 4.79 Å². The standard InChI is InChI=1S/C18H18O5/c1-3-22-16-10-9-14(11-17(16)21-2)18(20)23-12-15(19)13-7-5-4-6-8-13/h4-11H,3,12H2,1-2H3. The van der Waals surface area contributed by atoms with Crippen molar-refractivity contribution in [2.45, 2.75) is 6.92 Å². The molecule has 0 atom stereocenters. The van der Waals surface area contributed by atoms with E-state index in [1.807, 2.05) is 13.0 Å². The fraction of sp³-hybridized carbons (Fsp3) is 0.222. The summed E-state index contributed by atoms with van der Waals surface area (Å²) in [7, 11) is 1.49. The fourth-order valence-electron chi connectivity index (χ4n) is 1.99. The molecule has 0 radical (unpaired) electrons. The fourth-order valence-corrected chi connectivity index (χ4v) is 1.99. The highest BCUT2D eigenvalue weighted by molar-refractivity contribution is 5.99. The lowest BCUT2D eigenvalue weighted by molar-refractivity contribution is 0.0474. The molecule has 2 aromatic carbocycles. The maximum Gasteiger partial charge on any atom is 0.338 e. The number of methoxy groups -OCH3 is 1. The predicted octanol–water partition coefficient (Wildman–Crippen LogP) is 3.13. The summed E-state index contributed by atoms with van der Waals surface area (Å²) in [5, 5.41) is 0. The van der Waals surface area contributed by atoms with Crippen molar-refractivity contribution in [2.75, 3.05) is 20.3 Å².